The number of amides is 1. The van der Waals surface area contributed by atoms with Gasteiger partial charge < -0.3 is 21.9 Å². The summed E-state index contributed by atoms with van der Waals surface area (Å²) < 4.78 is 4.18. The van der Waals surface area contributed by atoms with E-state index in [9.17, 15) is 4.79 Å². The molecular formula is C9H23ClN6O2. The summed E-state index contributed by atoms with van der Waals surface area (Å²) in [5, 5.41) is 9.20. The van der Waals surface area contributed by atoms with E-state index in [-0.39, 0.29) is 24.3 Å². The lowest BCUT2D eigenvalue weighted by Gasteiger charge is -2.00. The van der Waals surface area contributed by atoms with Gasteiger partial charge in [0.1, 0.15) is 0 Å². The molecule has 0 saturated heterocycles. The topological polar surface area (TPSA) is 153 Å². The van der Waals surface area contributed by atoms with E-state index in [1.54, 1.807) is 6.92 Å². The molecule has 9 heteroatoms. The Kier molecular flexibility index (Phi) is 18.3. The van der Waals surface area contributed by atoms with Gasteiger partial charge in [0.25, 0.3) is 0 Å². The predicted molar refractivity (Wildman–Crippen MR) is 74.9 cm³/mol. The molecule has 0 aliphatic heterocycles. The zero-order valence-corrected chi connectivity index (χ0v) is 11.5. The highest BCUT2D eigenvalue weighted by Crippen LogP contribution is 1.85. The average Bonchev–Trinajstić information content (AvgIpc) is 2.17. The second-order valence-corrected chi connectivity index (χ2v) is 2.91. The van der Waals surface area contributed by atoms with Gasteiger partial charge in [-0.15, -0.1) is 12.4 Å². The summed E-state index contributed by atoms with van der Waals surface area (Å²) in [6.45, 7) is 4.81. The first kappa shape index (κ1) is 21.6. The van der Waals surface area contributed by atoms with Crippen molar-refractivity contribution < 1.29 is 9.53 Å². The van der Waals surface area contributed by atoms with Crippen molar-refractivity contribution in [1.29, 1.82) is 5.41 Å². The molecule has 0 spiro atoms. The molecule has 0 heterocycles. The lowest BCUT2D eigenvalue weighted by molar-refractivity contribution is 0.163. The SMILES string of the molecule is CCCCN=C(N)NC(=N)N.CCOC(N)=O.Cl. The number of hydrogen-bond acceptors (Lipinski definition) is 4. The molecule has 0 radical (unpaired) electrons. The zero-order valence-electron chi connectivity index (χ0n) is 10.7. The molecule has 0 saturated carbocycles. The van der Waals surface area contributed by atoms with Gasteiger partial charge in [-0.05, 0) is 13.3 Å². The van der Waals surface area contributed by atoms with Crippen molar-refractivity contribution in [2.24, 2.45) is 22.2 Å². The first-order valence-electron chi connectivity index (χ1n) is 5.27. The third kappa shape index (κ3) is 23.8. The van der Waals surface area contributed by atoms with Crippen molar-refractivity contribution in [3.63, 3.8) is 0 Å². The van der Waals surface area contributed by atoms with Crippen LogP contribution in [0.3, 0.4) is 0 Å². The number of rotatable bonds is 4. The maximum Gasteiger partial charge on any atom is 0.404 e. The van der Waals surface area contributed by atoms with E-state index in [1.807, 2.05) is 0 Å². The second kappa shape index (κ2) is 15.3. The van der Waals surface area contributed by atoms with E-state index in [4.69, 9.17) is 16.9 Å². The standard InChI is InChI=1S/C6H15N5.C3H7NO2.ClH/c1-2-3-4-10-6(9)11-5(7)8;1-2-6-3(4)5;/h2-4H2,1H3,(H6,7,8,9,10,11);2H2,1H3,(H2,4,5);1H. The largest absolute Gasteiger partial charge is 0.450 e. The van der Waals surface area contributed by atoms with Crippen molar-refractivity contribution in [2.45, 2.75) is 26.7 Å². The number of ether oxygens (including phenoxy) is 1. The van der Waals surface area contributed by atoms with Crippen molar-refractivity contribution in [3.8, 4) is 0 Å². The fourth-order valence-corrected chi connectivity index (χ4v) is 0.677. The highest BCUT2D eigenvalue weighted by atomic mass is 35.5. The normalized spacial score (nSPS) is 9.33. The van der Waals surface area contributed by atoms with Crippen LogP contribution >= 0.6 is 12.4 Å². The minimum Gasteiger partial charge on any atom is -0.450 e. The Morgan fingerprint density at radius 2 is 1.89 bits per heavy atom. The smallest absolute Gasteiger partial charge is 0.404 e. The van der Waals surface area contributed by atoms with E-state index >= 15 is 0 Å². The molecule has 0 fully saturated rings. The van der Waals surface area contributed by atoms with Crippen molar-refractivity contribution >= 4 is 30.4 Å². The average molecular weight is 283 g/mol. The zero-order chi connectivity index (χ0) is 13.7. The van der Waals surface area contributed by atoms with Crippen LogP contribution in [0.5, 0.6) is 0 Å². The van der Waals surface area contributed by atoms with Crippen LogP contribution in [-0.2, 0) is 4.74 Å². The van der Waals surface area contributed by atoms with Gasteiger partial charge in [0, 0.05) is 6.54 Å². The first-order chi connectivity index (χ1) is 7.93. The molecule has 0 rings (SSSR count). The Labute approximate surface area is 113 Å². The Morgan fingerprint density at radius 3 is 2.17 bits per heavy atom. The lowest BCUT2D eigenvalue weighted by atomic mass is 10.3. The minimum atomic E-state index is -0.711. The highest BCUT2D eigenvalue weighted by molar-refractivity contribution is 5.95. The van der Waals surface area contributed by atoms with Crippen molar-refractivity contribution in [2.75, 3.05) is 13.2 Å². The van der Waals surface area contributed by atoms with Crippen LogP contribution in [0.25, 0.3) is 0 Å². The Morgan fingerprint density at radius 1 is 1.33 bits per heavy atom. The van der Waals surface area contributed by atoms with Gasteiger partial charge in [0.05, 0.1) is 6.61 Å². The molecule has 18 heavy (non-hydrogen) atoms. The molecule has 0 bridgehead atoms. The van der Waals surface area contributed by atoms with E-state index in [0.29, 0.717) is 13.2 Å². The highest BCUT2D eigenvalue weighted by Gasteiger charge is 1.90. The van der Waals surface area contributed by atoms with Crippen LogP contribution in [0.4, 0.5) is 4.79 Å². The van der Waals surface area contributed by atoms with E-state index in [0.717, 1.165) is 12.8 Å². The molecule has 8 N–H and O–H groups in total. The maximum atomic E-state index is 9.60. The third-order valence-electron chi connectivity index (χ3n) is 1.34. The lowest BCUT2D eigenvalue weighted by Crippen LogP contribution is -2.40. The first-order valence-corrected chi connectivity index (χ1v) is 5.27. The van der Waals surface area contributed by atoms with Gasteiger partial charge in [-0.2, -0.15) is 0 Å². The number of unbranched alkanes of at least 4 members (excludes halogenated alkanes) is 1. The van der Waals surface area contributed by atoms with Crippen LogP contribution in [-0.4, -0.2) is 31.2 Å². The quantitative estimate of drug-likeness (QED) is 0.281. The van der Waals surface area contributed by atoms with E-state index in [2.05, 4.69) is 27.7 Å². The summed E-state index contributed by atoms with van der Waals surface area (Å²) in [5.74, 6) is 0.0358. The fourth-order valence-electron chi connectivity index (χ4n) is 0.677. The minimum absolute atomic E-state index is 0. The number of nitrogens with one attached hydrogen (secondary N) is 2. The van der Waals surface area contributed by atoms with Gasteiger partial charge in [-0.1, -0.05) is 13.3 Å². The van der Waals surface area contributed by atoms with Crippen molar-refractivity contribution in [1.82, 2.24) is 5.32 Å². The molecule has 0 aromatic rings. The molecule has 108 valence electrons. The van der Waals surface area contributed by atoms with E-state index < -0.39 is 6.09 Å². The van der Waals surface area contributed by atoms with Crippen LogP contribution in [0.1, 0.15) is 26.7 Å². The maximum absolute atomic E-state index is 9.60. The van der Waals surface area contributed by atoms with Gasteiger partial charge in [-0.3, -0.25) is 15.7 Å². The third-order valence-corrected chi connectivity index (χ3v) is 1.34. The molecule has 0 unspecified atom stereocenters. The van der Waals surface area contributed by atoms with Gasteiger partial charge in [-0.25, -0.2) is 4.79 Å². The molecular weight excluding hydrogens is 260 g/mol. The number of carbonyl (C=O) groups is 1. The summed E-state index contributed by atoms with van der Waals surface area (Å²) in [5.41, 5.74) is 14.9. The summed E-state index contributed by atoms with van der Waals surface area (Å²) in [6.07, 6.45) is 1.37. The number of aliphatic imine (C=N–C) groups is 1. The Balaban J connectivity index is -0.000000277. The molecule has 8 nitrogen and oxygen atoms in total. The monoisotopic (exact) mass is 282 g/mol. The molecule has 1 amide bonds. The summed E-state index contributed by atoms with van der Waals surface area (Å²) in [7, 11) is 0. The van der Waals surface area contributed by atoms with Crippen LogP contribution in [0.15, 0.2) is 4.99 Å². The van der Waals surface area contributed by atoms with Crippen LogP contribution in [0, 0.1) is 5.41 Å². The van der Waals surface area contributed by atoms with E-state index in [1.165, 1.54) is 0 Å². The molecule has 0 atom stereocenters. The molecule has 0 aliphatic rings. The molecule has 0 aromatic carbocycles. The number of nitrogens with two attached hydrogens (primary N) is 3. The van der Waals surface area contributed by atoms with Crippen LogP contribution in [0.2, 0.25) is 0 Å². The van der Waals surface area contributed by atoms with Gasteiger partial charge in [0.15, 0.2) is 11.9 Å². The Bertz CT molecular complexity index is 259. The number of carbonyl (C=O) groups excluding carboxylic acids is 1. The van der Waals surface area contributed by atoms with Crippen LogP contribution < -0.4 is 22.5 Å². The Hall–Kier alpha value is -1.70. The van der Waals surface area contributed by atoms with Gasteiger partial charge in [0.2, 0.25) is 0 Å². The van der Waals surface area contributed by atoms with Gasteiger partial charge >= 0.3 is 6.09 Å². The number of guanidine groups is 2. The summed E-state index contributed by atoms with van der Waals surface area (Å²) in [4.78, 5) is 13.5. The number of nitrogens with zero attached hydrogens (tertiary/aromatic N) is 1. The molecule has 0 aliphatic carbocycles. The second-order valence-electron chi connectivity index (χ2n) is 2.91. The fraction of sp³-hybridized carbons (Fsp3) is 0.667. The predicted octanol–water partition coefficient (Wildman–Crippen LogP) is 0.108. The number of halogens is 1. The summed E-state index contributed by atoms with van der Waals surface area (Å²) >= 11 is 0. The number of hydrogen-bond donors (Lipinski definition) is 5. The summed E-state index contributed by atoms with van der Waals surface area (Å²) in [6, 6.07) is 0. The van der Waals surface area contributed by atoms with Crippen molar-refractivity contribution in [3.05, 3.63) is 0 Å². The number of primary amides is 1. The molecule has 0 aromatic heterocycles.